The second kappa shape index (κ2) is 5.01. The summed E-state index contributed by atoms with van der Waals surface area (Å²) in [7, 11) is 0. The highest BCUT2D eigenvalue weighted by atomic mass is 16.3. The van der Waals surface area contributed by atoms with E-state index >= 15 is 0 Å². The Hall–Kier alpha value is -1.81. The second-order valence-corrected chi connectivity index (χ2v) is 3.96. The Kier molecular flexibility index (Phi) is 3.44. The zero-order valence-electron chi connectivity index (χ0n) is 10.1. The van der Waals surface area contributed by atoms with Crippen molar-refractivity contribution < 1.29 is 5.11 Å². The molecule has 17 heavy (non-hydrogen) atoms. The van der Waals surface area contributed by atoms with Crippen LogP contribution in [0.15, 0.2) is 30.6 Å². The van der Waals surface area contributed by atoms with E-state index in [1.54, 1.807) is 6.20 Å². The zero-order chi connectivity index (χ0) is 12.3. The van der Waals surface area contributed by atoms with Crippen molar-refractivity contribution in [2.75, 3.05) is 5.43 Å². The van der Waals surface area contributed by atoms with Gasteiger partial charge in [-0.3, -0.25) is 15.1 Å². The van der Waals surface area contributed by atoms with Gasteiger partial charge in [-0.1, -0.05) is 6.92 Å². The number of hydrogen-bond donors (Lipinski definition) is 2. The maximum atomic E-state index is 9.13. The first-order valence-electron chi connectivity index (χ1n) is 5.74. The first-order chi connectivity index (χ1) is 8.24. The number of aliphatic hydroxyl groups excluding tert-OH is 1. The Morgan fingerprint density at radius 3 is 2.88 bits per heavy atom. The average molecular weight is 231 g/mol. The fourth-order valence-corrected chi connectivity index (χ4v) is 1.72. The number of nitrogens with zero attached hydrogens (tertiary/aromatic N) is 2. The third kappa shape index (κ3) is 2.47. The molecule has 2 rings (SSSR count). The highest BCUT2D eigenvalue weighted by Crippen LogP contribution is 2.13. The molecular weight excluding hydrogens is 214 g/mol. The number of aryl methyl sites for hydroxylation is 1. The molecule has 0 unspecified atom stereocenters. The maximum Gasteiger partial charge on any atom is 0.0700 e. The lowest BCUT2D eigenvalue weighted by molar-refractivity contribution is 0.281. The van der Waals surface area contributed by atoms with E-state index in [1.165, 1.54) is 0 Å². The summed E-state index contributed by atoms with van der Waals surface area (Å²) in [6.45, 7) is 4.12. The van der Waals surface area contributed by atoms with Crippen molar-refractivity contribution in [3.8, 4) is 0 Å². The SMILES string of the molecule is CCc1cc(Nn2ccc(CO)c2C)ccn1. The molecule has 4 heteroatoms. The molecule has 2 aromatic rings. The fourth-order valence-electron chi connectivity index (χ4n) is 1.72. The van der Waals surface area contributed by atoms with Crippen LogP contribution >= 0.6 is 0 Å². The van der Waals surface area contributed by atoms with Crippen molar-refractivity contribution in [1.82, 2.24) is 9.66 Å². The third-order valence-electron chi connectivity index (χ3n) is 2.85. The van der Waals surface area contributed by atoms with E-state index in [1.807, 2.05) is 36.0 Å². The molecule has 90 valence electrons. The van der Waals surface area contributed by atoms with E-state index in [4.69, 9.17) is 5.11 Å². The predicted octanol–water partition coefficient (Wildman–Crippen LogP) is 2.12. The lowest BCUT2D eigenvalue weighted by atomic mass is 10.3. The summed E-state index contributed by atoms with van der Waals surface area (Å²) in [6, 6.07) is 5.86. The van der Waals surface area contributed by atoms with E-state index in [-0.39, 0.29) is 6.61 Å². The molecule has 0 amide bonds. The Morgan fingerprint density at radius 2 is 2.24 bits per heavy atom. The molecule has 0 spiro atoms. The van der Waals surface area contributed by atoms with E-state index in [0.717, 1.165) is 29.1 Å². The Bertz CT molecular complexity index is 505. The summed E-state index contributed by atoms with van der Waals surface area (Å²) in [4.78, 5) is 4.25. The maximum absolute atomic E-state index is 9.13. The number of aliphatic hydroxyl groups is 1. The number of aromatic nitrogens is 2. The Labute approximate surface area is 101 Å². The van der Waals surface area contributed by atoms with Crippen LogP contribution in [-0.4, -0.2) is 14.8 Å². The monoisotopic (exact) mass is 231 g/mol. The minimum atomic E-state index is 0.0665. The summed E-state index contributed by atoms with van der Waals surface area (Å²) in [6.07, 6.45) is 4.63. The third-order valence-corrected chi connectivity index (χ3v) is 2.85. The van der Waals surface area contributed by atoms with Gasteiger partial charge in [0.2, 0.25) is 0 Å². The highest BCUT2D eigenvalue weighted by Gasteiger charge is 2.03. The summed E-state index contributed by atoms with van der Waals surface area (Å²) in [5, 5.41) is 9.13. The second-order valence-electron chi connectivity index (χ2n) is 3.96. The molecule has 0 aliphatic heterocycles. The van der Waals surface area contributed by atoms with Crippen LogP contribution in [0.1, 0.15) is 23.9 Å². The normalized spacial score (nSPS) is 10.5. The molecule has 2 N–H and O–H groups in total. The van der Waals surface area contributed by atoms with Crippen molar-refractivity contribution in [3.05, 3.63) is 47.5 Å². The van der Waals surface area contributed by atoms with Gasteiger partial charge in [0.25, 0.3) is 0 Å². The zero-order valence-corrected chi connectivity index (χ0v) is 10.1. The molecule has 0 saturated carbocycles. The highest BCUT2D eigenvalue weighted by molar-refractivity contribution is 5.44. The first-order valence-corrected chi connectivity index (χ1v) is 5.74. The number of hydrogen-bond acceptors (Lipinski definition) is 3. The summed E-state index contributed by atoms with van der Waals surface area (Å²) >= 11 is 0. The van der Waals surface area contributed by atoms with Gasteiger partial charge in [-0.15, -0.1) is 0 Å². The minimum Gasteiger partial charge on any atom is -0.392 e. The van der Waals surface area contributed by atoms with Gasteiger partial charge in [0.05, 0.1) is 12.3 Å². The van der Waals surface area contributed by atoms with Gasteiger partial charge in [-0.25, -0.2) is 0 Å². The molecule has 0 fully saturated rings. The molecule has 0 aromatic carbocycles. The van der Waals surface area contributed by atoms with E-state index in [0.29, 0.717) is 0 Å². The van der Waals surface area contributed by atoms with Crippen molar-refractivity contribution in [2.24, 2.45) is 0 Å². The van der Waals surface area contributed by atoms with E-state index < -0.39 is 0 Å². The van der Waals surface area contributed by atoms with Crippen molar-refractivity contribution in [1.29, 1.82) is 0 Å². The lowest BCUT2D eigenvalue weighted by Gasteiger charge is -2.11. The van der Waals surface area contributed by atoms with Crippen molar-refractivity contribution >= 4 is 5.69 Å². The van der Waals surface area contributed by atoms with Gasteiger partial charge in [-0.05, 0) is 31.5 Å². The number of nitrogens with one attached hydrogen (secondary N) is 1. The largest absolute Gasteiger partial charge is 0.392 e. The predicted molar refractivity (Wildman–Crippen MR) is 67.7 cm³/mol. The van der Waals surface area contributed by atoms with Gasteiger partial charge in [0.1, 0.15) is 0 Å². The van der Waals surface area contributed by atoms with Gasteiger partial charge in [0.15, 0.2) is 0 Å². The molecule has 0 aliphatic rings. The minimum absolute atomic E-state index is 0.0665. The van der Waals surface area contributed by atoms with Crippen LogP contribution in [0.3, 0.4) is 0 Å². The standard InChI is InChI=1S/C13H17N3O/c1-3-12-8-13(4-6-14-12)15-16-7-5-11(9-17)10(16)2/h4-8,17H,3,9H2,1-2H3,(H,14,15). The van der Waals surface area contributed by atoms with Crippen LogP contribution in [0.25, 0.3) is 0 Å². The van der Waals surface area contributed by atoms with Crippen LogP contribution in [0.4, 0.5) is 5.69 Å². The van der Waals surface area contributed by atoms with Gasteiger partial charge < -0.3 is 5.11 Å². The molecule has 2 heterocycles. The van der Waals surface area contributed by atoms with Crippen LogP contribution in [0, 0.1) is 6.92 Å². The van der Waals surface area contributed by atoms with Crippen LogP contribution in [0.5, 0.6) is 0 Å². The molecule has 0 saturated heterocycles. The fraction of sp³-hybridized carbons (Fsp3) is 0.308. The Morgan fingerprint density at radius 1 is 1.41 bits per heavy atom. The quantitative estimate of drug-likeness (QED) is 0.847. The molecule has 0 bridgehead atoms. The summed E-state index contributed by atoms with van der Waals surface area (Å²) in [5.41, 5.74) is 7.27. The van der Waals surface area contributed by atoms with Crippen molar-refractivity contribution in [3.63, 3.8) is 0 Å². The first kappa shape index (κ1) is 11.7. The molecule has 2 aromatic heterocycles. The number of anilines is 1. The molecule has 0 aliphatic carbocycles. The van der Waals surface area contributed by atoms with Crippen molar-refractivity contribution in [2.45, 2.75) is 26.9 Å². The number of pyridine rings is 1. The smallest absolute Gasteiger partial charge is 0.0700 e. The van der Waals surface area contributed by atoms with Crippen LogP contribution in [-0.2, 0) is 13.0 Å². The van der Waals surface area contributed by atoms with Gasteiger partial charge in [0, 0.05) is 29.3 Å². The molecule has 0 radical (unpaired) electrons. The van der Waals surface area contributed by atoms with Gasteiger partial charge in [-0.2, -0.15) is 0 Å². The average Bonchev–Trinajstić information content (AvgIpc) is 2.71. The molecular formula is C13H17N3O. The summed E-state index contributed by atoms with van der Waals surface area (Å²) < 4.78 is 1.90. The number of rotatable bonds is 4. The Balaban J connectivity index is 2.22. The summed E-state index contributed by atoms with van der Waals surface area (Å²) in [5.74, 6) is 0. The van der Waals surface area contributed by atoms with E-state index in [2.05, 4.69) is 17.3 Å². The molecule has 0 atom stereocenters. The van der Waals surface area contributed by atoms with Crippen LogP contribution in [0.2, 0.25) is 0 Å². The van der Waals surface area contributed by atoms with E-state index in [9.17, 15) is 0 Å². The topological polar surface area (TPSA) is 50.1 Å². The van der Waals surface area contributed by atoms with Crippen LogP contribution < -0.4 is 5.43 Å². The van der Waals surface area contributed by atoms with Gasteiger partial charge >= 0.3 is 0 Å². The molecule has 4 nitrogen and oxygen atoms in total. The lowest BCUT2D eigenvalue weighted by Crippen LogP contribution is -2.10.